The lowest BCUT2D eigenvalue weighted by atomic mass is 9.92. The fourth-order valence-electron chi connectivity index (χ4n) is 3.47. The Bertz CT molecular complexity index is 913. The number of carbonyl (C=O) groups excluding carboxylic acids is 1. The van der Waals surface area contributed by atoms with Gasteiger partial charge in [0.2, 0.25) is 5.91 Å². The van der Waals surface area contributed by atoms with Gasteiger partial charge >= 0.3 is 0 Å². The van der Waals surface area contributed by atoms with E-state index in [-0.39, 0.29) is 17.9 Å². The number of amides is 1. The second-order valence-corrected chi connectivity index (χ2v) is 6.50. The molecule has 1 amide bonds. The quantitative estimate of drug-likeness (QED) is 0.796. The largest absolute Gasteiger partial charge is 0.369 e. The average molecular weight is 339 g/mol. The Kier molecular flexibility index (Phi) is 4.01. The summed E-state index contributed by atoms with van der Waals surface area (Å²) in [5.41, 5.74) is 2.67. The van der Waals surface area contributed by atoms with Crippen molar-refractivity contribution < 1.29 is 9.53 Å². The fraction of sp³-hybridized carbons (Fsp3) is 0.389. The van der Waals surface area contributed by atoms with Gasteiger partial charge in [-0.15, -0.1) is 0 Å². The second kappa shape index (κ2) is 6.33. The van der Waals surface area contributed by atoms with Gasteiger partial charge in [0.25, 0.3) is 0 Å². The first-order valence-electron chi connectivity index (χ1n) is 8.46. The van der Waals surface area contributed by atoms with Gasteiger partial charge in [0.15, 0.2) is 0 Å². The van der Waals surface area contributed by atoms with E-state index < -0.39 is 0 Å². The molecule has 1 saturated heterocycles. The van der Waals surface area contributed by atoms with Crippen molar-refractivity contribution in [1.29, 1.82) is 0 Å². The maximum absolute atomic E-state index is 12.9. The summed E-state index contributed by atoms with van der Waals surface area (Å²) in [6.45, 7) is 2.64. The molecular weight excluding hydrogens is 318 g/mol. The minimum Gasteiger partial charge on any atom is -0.369 e. The molecule has 1 N–H and O–H groups in total. The van der Waals surface area contributed by atoms with Crippen molar-refractivity contribution in [3.05, 3.63) is 48.4 Å². The van der Waals surface area contributed by atoms with Crippen molar-refractivity contribution in [2.45, 2.75) is 25.9 Å². The highest BCUT2D eigenvalue weighted by molar-refractivity contribution is 5.93. The standard InChI is InChI=1S/C18H21N5O2/c1-12-10-13(11-23-8-6-19-16(12)23)21-18(24)14-4-3-9-25-15(14)17-20-5-7-22(17)2/h5-8,10-11,14-15H,3-4,9H2,1-2H3,(H,21,24)/t14-,15-/m1/s1. The zero-order valence-corrected chi connectivity index (χ0v) is 14.3. The number of anilines is 1. The number of fused-ring (bicyclic) bond motifs is 1. The molecule has 0 bridgehead atoms. The highest BCUT2D eigenvalue weighted by Crippen LogP contribution is 2.33. The Hall–Kier alpha value is -2.67. The molecule has 0 aliphatic carbocycles. The van der Waals surface area contributed by atoms with Crippen molar-refractivity contribution in [2.24, 2.45) is 13.0 Å². The highest BCUT2D eigenvalue weighted by atomic mass is 16.5. The van der Waals surface area contributed by atoms with Crippen molar-refractivity contribution >= 4 is 17.2 Å². The van der Waals surface area contributed by atoms with Gasteiger partial charge in [-0.05, 0) is 31.4 Å². The summed E-state index contributed by atoms with van der Waals surface area (Å²) >= 11 is 0. The topological polar surface area (TPSA) is 73.5 Å². The molecule has 0 aromatic carbocycles. The fourth-order valence-corrected chi connectivity index (χ4v) is 3.47. The molecule has 25 heavy (non-hydrogen) atoms. The van der Waals surface area contributed by atoms with E-state index in [9.17, 15) is 4.79 Å². The third-order valence-electron chi connectivity index (χ3n) is 4.71. The van der Waals surface area contributed by atoms with E-state index in [0.717, 1.165) is 35.6 Å². The number of nitrogens with zero attached hydrogens (tertiary/aromatic N) is 4. The van der Waals surface area contributed by atoms with E-state index in [0.29, 0.717) is 6.61 Å². The normalized spacial score (nSPS) is 20.7. The predicted octanol–water partition coefficient (Wildman–Crippen LogP) is 2.48. The minimum atomic E-state index is -0.313. The van der Waals surface area contributed by atoms with Crippen LogP contribution in [0.2, 0.25) is 0 Å². The number of hydrogen-bond acceptors (Lipinski definition) is 4. The van der Waals surface area contributed by atoms with Crippen molar-refractivity contribution in [3.63, 3.8) is 0 Å². The van der Waals surface area contributed by atoms with E-state index in [1.165, 1.54) is 0 Å². The molecule has 0 saturated carbocycles. The van der Waals surface area contributed by atoms with E-state index >= 15 is 0 Å². The SMILES string of the molecule is Cc1cc(NC(=O)[C@@H]2CCCO[C@H]2c2nccn2C)cn2ccnc12. The Morgan fingerprint density at radius 3 is 2.96 bits per heavy atom. The van der Waals surface area contributed by atoms with Gasteiger partial charge < -0.3 is 19.0 Å². The Morgan fingerprint density at radius 2 is 2.16 bits per heavy atom. The van der Waals surface area contributed by atoms with Crippen LogP contribution in [0.25, 0.3) is 5.65 Å². The van der Waals surface area contributed by atoms with Crippen LogP contribution in [0.5, 0.6) is 0 Å². The molecular formula is C18H21N5O2. The summed E-state index contributed by atoms with van der Waals surface area (Å²) in [6.07, 6.45) is 10.5. The monoisotopic (exact) mass is 339 g/mol. The number of hydrogen-bond donors (Lipinski definition) is 1. The minimum absolute atomic E-state index is 0.0356. The summed E-state index contributed by atoms with van der Waals surface area (Å²) in [5, 5.41) is 3.04. The smallest absolute Gasteiger partial charge is 0.230 e. The van der Waals surface area contributed by atoms with Gasteiger partial charge in [0, 0.05) is 44.6 Å². The van der Waals surface area contributed by atoms with Gasteiger partial charge in [-0.2, -0.15) is 0 Å². The van der Waals surface area contributed by atoms with E-state index in [1.54, 1.807) is 12.4 Å². The molecule has 0 spiro atoms. The first kappa shape index (κ1) is 15.8. The molecule has 4 heterocycles. The van der Waals surface area contributed by atoms with E-state index in [1.807, 2.05) is 47.6 Å². The molecule has 130 valence electrons. The zero-order valence-electron chi connectivity index (χ0n) is 14.3. The molecule has 3 aromatic heterocycles. The molecule has 0 unspecified atom stereocenters. The number of pyridine rings is 1. The maximum Gasteiger partial charge on any atom is 0.230 e. The van der Waals surface area contributed by atoms with Crippen molar-refractivity contribution in [2.75, 3.05) is 11.9 Å². The van der Waals surface area contributed by atoms with Crippen molar-refractivity contribution in [3.8, 4) is 0 Å². The van der Waals surface area contributed by atoms with E-state index in [4.69, 9.17) is 4.74 Å². The number of rotatable bonds is 3. The molecule has 1 fully saturated rings. The molecule has 7 nitrogen and oxygen atoms in total. The van der Waals surface area contributed by atoms with Crippen LogP contribution in [0.4, 0.5) is 5.69 Å². The van der Waals surface area contributed by atoms with Crippen LogP contribution < -0.4 is 5.32 Å². The summed E-state index contributed by atoms with van der Waals surface area (Å²) in [4.78, 5) is 21.6. The number of ether oxygens (including phenoxy) is 1. The summed E-state index contributed by atoms with van der Waals surface area (Å²) in [7, 11) is 1.92. The highest BCUT2D eigenvalue weighted by Gasteiger charge is 2.35. The summed E-state index contributed by atoms with van der Waals surface area (Å²) in [6, 6.07) is 1.94. The Labute approximate surface area is 145 Å². The molecule has 4 rings (SSSR count). The van der Waals surface area contributed by atoms with Crippen molar-refractivity contribution in [1.82, 2.24) is 18.9 Å². The molecule has 7 heteroatoms. The maximum atomic E-state index is 12.9. The third kappa shape index (κ3) is 2.91. The number of aryl methyl sites for hydroxylation is 2. The van der Waals surface area contributed by atoms with Crippen LogP contribution in [0, 0.1) is 12.8 Å². The number of carbonyl (C=O) groups is 1. The van der Waals surface area contributed by atoms with Crippen LogP contribution in [0.3, 0.4) is 0 Å². The number of imidazole rings is 2. The lowest BCUT2D eigenvalue weighted by Crippen LogP contribution is -2.34. The third-order valence-corrected chi connectivity index (χ3v) is 4.71. The van der Waals surface area contributed by atoms with E-state index in [2.05, 4.69) is 15.3 Å². The van der Waals surface area contributed by atoms with Crippen LogP contribution in [-0.4, -0.2) is 31.4 Å². The Morgan fingerprint density at radius 1 is 1.32 bits per heavy atom. The average Bonchev–Trinajstić information content (AvgIpc) is 3.24. The molecule has 0 radical (unpaired) electrons. The van der Waals surface area contributed by atoms with Gasteiger partial charge in [-0.1, -0.05) is 0 Å². The van der Waals surface area contributed by atoms with Gasteiger partial charge in [0.1, 0.15) is 17.6 Å². The molecule has 2 atom stereocenters. The Balaban J connectivity index is 1.58. The first-order chi connectivity index (χ1) is 12.1. The summed E-state index contributed by atoms with van der Waals surface area (Å²) in [5.74, 6) is 0.501. The van der Waals surface area contributed by atoms with Gasteiger partial charge in [-0.3, -0.25) is 4.79 Å². The van der Waals surface area contributed by atoms with Crippen LogP contribution in [-0.2, 0) is 16.6 Å². The molecule has 1 aliphatic heterocycles. The molecule has 1 aliphatic rings. The van der Waals surface area contributed by atoms with Gasteiger partial charge in [0.05, 0.1) is 11.6 Å². The zero-order chi connectivity index (χ0) is 17.4. The summed E-state index contributed by atoms with van der Waals surface area (Å²) < 4.78 is 9.73. The first-order valence-corrected chi connectivity index (χ1v) is 8.46. The molecule has 3 aromatic rings. The van der Waals surface area contributed by atoms with Crippen LogP contribution in [0.1, 0.15) is 30.3 Å². The lowest BCUT2D eigenvalue weighted by molar-refractivity contribution is -0.130. The van der Waals surface area contributed by atoms with Gasteiger partial charge in [-0.25, -0.2) is 9.97 Å². The van der Waals surface area contributed by atoms with Crippen LogP contribution >= 0.6 is 0 Å². The lowest BCUT2D eigenvalue weighted by Gasteiger charge is -2.30. The second-order valence-electron chi connectivity index (χ2n) is 6.50. The predicted molar refractivity (Wildman–Crippen MR) is 93.2 cm³/mol. The number of aromatic nitrogens is 4. The number of nitrogens with one attached hydrogen (secondary N) is 1. The van der Waals surface area contributed by atoms with Crippen LogP contribution in [0.15, 0.2) is 37.1 Å².